The first kappa shape index (κ1) is 23.3. The number of nitrogens with two attached hydrogens (primary N) is 1. The molecule has 6 heteroatoms. The van der Waals surface area contributed by atoms with Crippen LogP contribution in [0.2, 0.25) is 0 Å². The van der Waals surface area contributed by atoms with E-state index in [1.54, 1.807) is 12.1 Å². The third kappa shape index (κ3) is 4.24. The maximum atomic E-state index is 13.7. The molecule has 2 heterocycles. The van der Waals surface area contributed by atoms with Crippen LogP contribution in [0.15, 0.2) is 100 Å². The first-order valence-corrected chi connectivity index (χ1v) is 13.7. The zero-order chi connectivity index (χ0) is 24.8. The van der Waals surface area contributed by atoms with Crippen LogP contribution >= 0.6 is 11.3 Å². The summed E-state index contributed by atoms with van der Waals surface area (Å²) in [6.07, 6.45) is 0. The predicted molar refractivity (Wildman–Crippen MR) is 145 cm³/mol. The standard InChI is InChI=1S/C29H26N2O2S2/c1-29(2,3)21-14-16-22(17-15-21)35(32,33)28-26(30)25-23(19-10-6-4-7-11-19)18-24(31-27(25)34-28)20-12-8-5-9-13-20/h4-18H,30H2,1-3H3. The molecule has 0 aliphatic heterocycles. The highest BCUT2D eigenvalue weighted by Gasteiger charge is 2.28. The van der Waals surface area contributed by atoms with Crippen LogP contribution in [0, 0.1) is 0 Å². The van der Waals surface area contributed by atoms with Crippen LogP contribution in [0.3, 0.4) is 0 Å². The van der Waals surface area contributed by atoms with Crippen LogP contribution in [-0.2, 0) is 15.3 Å². The number of sulfone groups is 1. The summed E-state index contributed by atoms with van der Waals surface area (Å²) in [6, 6.07) is 28.8. The molecule has 0 saturated heterocycles. The first-order chi connectivity index (χ1) is 16.7. The summed E-state index contributed by atoms with van der Waals surface area (Å²) in [6.45, 7) is 6.30. The number of anilines is 1. The summed E-state index contributed by atoms with van der Waals surface area (Å²) in [5, 5.41) is 0.672. The molecule has 0 aliphatic carbocycles. The first-order valence-electron chi connectivity index (χ1n) is 11.4. The second kappa shape index (κ2) is 8.63. The fraction of sp³-hybridized carbons (Fsp3) is 0.138. The van der Waals surface area contributed by atoms with E-state index in [1.807, 2.05) is 78.9 Å². The van der Waals surface area contributed by atoms with Crippen molar-refractivity contribution in [2.75, 3.05) is 5.73 Å². The third-order valence-electron chi connectivity index (χ3n) is 6.09. The maximum absolute atomic E-state index is 13.7. The van der Waals surface area contributed by atoms with Crippen molar-refractivity contribution in [2.24, 2.45) is 0 Å². The molecule has 5 aromatic rings. The topological polar surface area (TPSA) is 73.0 Å². The third-order valence-corrected chi connectivity index (χ3v) is 9.50. The van der Waals surface area contributed by atoms with E-state index in [0.717, 1.165) is 39.3 Å². The number of rotatable bonds is 4. The number of fused-ring (bicyclic) bond motifs is 1. The van der Waals surface area contributed by atoms with Gasteiger partial charge in [-0.3, -0.25) is 0 Å². The molecule has 0 saturated carbocycles. The van der Waals surface area contributed by atoms with Gasteiger partial charge in [-0.05, 0) is 40.3 Å². The van der Waals surface area contributed by atoms with E-state index in [2.05, 4.69) is 20.8 Å². The predicted octanol–water partition coefficient (Wildman–Crippen LogP) is 7.34. The Kier molecular flexibility index (Phi) is 5.74. The lowest BCUT2D eigenvalue weighted by Gasteiger charge is -2.19. The molecule has 0 radical (unpaired) electrons. The largest absolute Gasteiger partial charge is 0.396 e. The second-order valence-electron chi connectivity index (χ2n) is 9.55. The van der Waals surface area contributed by atoms with Crippen molar-refractivity contribution in [3.63, 3.8) is 0 Å². The van der Waals surface area contributed by atoms with Crippen molar-refractivity contribution < 1.29 is 8.42 Å². The monoisotopic (exact) mass is 498 g/mol. The van der Waals surface area contributed by atoms with Crippen molar-refractivity contribution in [3.05, 3.63) is 96.6 Å². The van der Waals surface area contributed by atoms with E-state index in [1.165, 1.54) is 0 Å². The Morgan fingerprint density at radius 2 is 1.37 bits per heavy atom. The van der Waals surface area contributed by atoms with Gasteiger partial charge in [-0.1, -0.05) is 93.6 Å². The van der Waals surface area contributed by atoms with Gasteiger partial charge in [0.05, 0.1) is 16.3 Å². The maximum Gasteiger partial charge on any atom is 0.218 e. The molecule has 0 fully saturated rings. The number of aromatic nitrogens is 1. The van der Waals surface area contributed by atoms with E-state index in [-0.39, 0.29) is 20.2 Å². The molecule has 5 rings (SSSR count). The fourth-order valence-electron chi connectivity index (χ4n) is 4.14. The van der Waals surface area contributed by atoms with Crippen molar-refractivity contribution in [2.45, 2.75) is 35.3 Å². The van der Waals surface area contributed by atoms with E-state index in [9.17, 15) is 8.42 Å². The molecule has 0 amide bonds. The van der Waals surface area contributed by atoms with Gasteiger partial charge in [0.2, 0.25) is 9.84 Å². The van der Waals surface area contributed by atoms with Crippen molar-refractivity contribution in [1.29, 1.82) is 0 Å². The lowest BCUT2D eigenvalue weighted by molar-refractivity contribution is 0.587. The number of hydrogen-bond acceptors (Lipinski definition) is 5. The average Bonchev–Trinajstić information content (AvgIpc) is 3.21. The molecular formula is C29H26N2O2S2. The van der Waals surface area contributed by atoms with Gasteiger partial charge in [0, 0.05) is 10.9 Å². The van der Waals surface area contributed by atoms with Crippen LogP contribution in [-0.4, -0.2) is 13.4 Å². The Morgan fingerprint density at radius 1 is 0.800 bits per heavy atom. The fourth-order valence-corrected chi connectivity index (χ4v) is 7.06. The van der Waals surface area contributed by atoms with Crippen LogP contribution in [0.5, 0.6) is 0 Å². The lowest BCUT2D eigenvalue weighted by Crippen LogP contribution is -2.11. The van der Waals surface area contributed by atoms with Crippen LogP contribution in [0.25, 0.3) is 32.6 Å². The molecule has 4 nitrogen and oxygen atoms in total. The molecule has 0 bridgehead atoms. The van der Waals surface area contributed by atoms with Crippen molar-refractivity contribution in [1.82, 2.24) is 4.98 Å². The van der Waals surface area contributed by atoms with Gasteiger partial charge >= 0.3 is 0 Å². The minimum absolute atomic E-state index is 0.0682. The Balaban J connectivity index is 1.73. The Hall–Kier alpha value is -3.48. The van der Waals surface area contributed by atoms with E-state index in [4.69, 9.17) is 10.7 Å². The van der Waals surface area contributed by atoms with Gasteiger partial charge in [0.15, 0.2) is 0 Å². The second-order valence-corrected chi connectivity index (χ2v) is 12.7. The summed E-state index contributed by atoms with van der Waals surface area (Å²) >= 11 is 1.13. The molecule has 3 aromatic carbocycles. The summed E-state index contributed by atoms with van der Waals surface area (Å²) in [7, 11) is -3.82. The molecule has 0 aliphatic rings. The van der Waals surface area contributed by atoms with E-state index >= 15 is 0 Å². The number of nitrogens with zero attached hydrogens (tertiary/aromatic N) is 1. The highest BCUT2D eigenvalue weighted by atomic mass is 32.2. The Bertz CT molecular complexity index is 1620. The molecule has 0 spiro atoms. The number of thiophene rings is 1. The van der Waals surface area contributed by atoms with Gasteiger partial charge < -0.3 is 5.73 Å². The molecule has 2 N–H and O–H groups in total. The van der Waals surface area contributed by atoms with Gasteiger partial charge in [-0.15, -0.1) is 11.3 Å². The SMILES string of the molecule is CC(C)(C)c1ccc(S(=O)(=O)c2sc3nc(-c4ccccc4)cc(-c4ccccc4)c3c2N)cc1. The van der Waals surface area contributed by atoms with Gasteiger partial charge in [0.1, 0.15) is 9.04 Å². The summed E-state index contributed by atoms with van der Waals surface area (Å²) in [4.78, 5) is 5.67. The summed E-state index contributed by atoms with van der Waals surface area (Å²) < 4.78 is 27.5. The van der Waals surface area contributed by atoms with Gasteiger partial charge in [-0.25, -0.2) is 13.4 Å². The van der Waals surface area contributed by atoms with E-state index < -0.39 is 9.84 Å². The van der Waals surface area contributed by atoms with Crippen LogP contribution in [0.4, 0.5) is 5.69 Å². The zero-order valence-electron chi connectivity index (χ0n) is 19.8. The highest BCUT2D eigenvalue weighted by Crippen LogP contribution is 2.44. The molecule has 2 aromatic heterocycles. The number of pyridine rings is 1. The van der Waals surface area contributed by atoms with Crippen LogP contribution in [0.1, 0.15) is 26.3 Å². The van der Waals surface area contributed by atoms with E-state index in [0.29, 0.717) is 10.2 Å². The normalized spacial score (nSPS) is 12.2. The molecular weight excluding hydrogens is 472 g/mol. The average molecular weight is 499 g/mol. The number of hydrogen-bond donors (Lipinski definition) is 1. The molecule has 35 heavy (non-hydrogen) atoms. The summed E-state index contributed by atoms with van der Waals surface area (Å²) in [5.74, 6) is 0. The molecule has 176 valence electrons. The number of nitrogen functional groups attached to an aromatic ring is 1. The summed E-state index contributed by atoms with van der Waals surface area (Å²) in [5.41, 5.74) is 11.4. The highest BCUT2D eigenvalue weighted by molar-refractivity contribution is 7.93. The van der Waals surface area contributed by atoms with Gasteiger partial charge in [-0.2, -0.15) is 0 Å². The lowest BCUT2D eigenvalue weighted by atomic mass is 9.87. The van der Waals surface area contributed by atoms with Crippen molar-refractivity contribution >= 4 is 37.1 Å². The van der Waals surface area contributed by atoms with Crippen LogP contribution < -0.4 is 5.73 Å². The quantitative estimate of drug-likeness (QED) is 0.281. The Labute approximate surface area is 210 Å². The Morgan fingerprint density at radius 3 is 1.94 bits per heavy atom. The van der Waals surface area contributed by atoms with Gasteiger partial charge in [0.25, 0.3) is 0 Å². The minimum atomic E-state index is -3.82. The molecule has 0 unspecified atom stereocenters. The zero-order valence-corrected chi connectivity index (χ0v) is 21.5. The minimum Gasteiger partial charge on any atom is -0.396 e. The smallest absolute Gasteiger partial charge is 0.218 e. The van der Waals surface area contributed by atoms with Crippen molar-refractivity contribution in [3.8, 4) is 22.4 Å². The molecule has 0 atom stereocenters. The number of benzene rings is 3.